The van der Waals surface area contributed by atoms with Crippen molar-refractivity contribution in [3.63, 3.8) is 0 Å². The third-order valence-corrected chi connectivity index (χ3v) is 5.83. The molecule has 0 amide bonds. The molecule has 4 rings (SSSR count). The van der Waals surface area contributed by atoms with Gasteiger partial charge in [0.2, 0.25) is 0 Å². The monoisotopic (exact) mass is 327 g/mol. The van der Waals surface area contributed by atoms with Gasteiger partial charge in [-0.05, 0) is 55.6 Å². The van der Waals surface area contributed by atoms with E-state index < -0.39 is 0 Å². The van der Waals surface area contributed by atoms with Crippen molar-refractivity contribution in [3.8, 4) is 0 Å². The van der Waals surface area contributed by atoms with Crippen LogP contribution in [0.25, 0.3) is 0 Å². The molecule has 2 heterocycles. The lowest BCUT2D eigenvalue weighted by Crippen LogP contribution is -2.44. The summed E-state index contributed by atoms with van der Waals surface area (Å²) < 4.78 is 12.5. The van der Waals surface area contributed by atoms with E-state index in [0.717, 1.165) is 38.5 Å². The van der Waals surface area contributed by atoms with Crippen LogP contribution in [0.4, 0.5) is 0 Å². The van der Waals surface area contributed by atoms with Gasteiger partial charge in [0.15, 0.2) is 5.88 Å². The first-order valence-electron chi connectivity index (χ1n) is 9.52. The molecule has 3 heteroatoms. The van der Waals surface area contributed by atoms with Crippen LogP contribution in [0.15, 0.2) is 41.8 Å². The highest BCUT2D eigenvalue weighted by molar-refractivity contribution is 5.18. The fourth-order valence-corrected chi connectivity index (χ4v) is 4.25. The first kappa shape index (κ1) is 16.0. The lowest BCUT2D eigenvalue weighted by molar-refractivity contribution is -0.0504. The maximum absolute atomic E-state index is 6.31. The minimum Gasteiger partial charge on any atom is -0.474 e. The molecular formula is C21H29NO2. The van der Waals surface area contributed by atoms with Crippen LogP contribution in [-0.2, 0) is 16.1 Å². The Bertz CT molecular complexity index is 581. The topological polar surface area (TPSA) is 21.7 Å². The maximum Gasteiger partial charge on any atom is 0.188 e. The Kier molecular flexibility index (Phi) is 4.53. The second-order valence-corrected chi connectivity index (χ2v) is 7.83. The van der Waals surface area contributed by atoms with Gasteiger partial charge in [-0.3, -0.25) is 0 Å². The Balaban J connectivity index is 1.40. The number of rotatable bonds is 4. The highest BCUT2D eigenvalue weighted by Crippen LogP contribution is 2.40. The molecule has 0 N–H and O–H groups in total. The fraction of sp³-hybridized carbons (Fsp3) is 0.619. The number of hydrogen-bond acceptors (Lipinski definition) is 3. The van der Waals surface area contributed by atoms with E-state index in [1.165, 1.54) is 42.7 Å². The second-order valence-electron chi connectivity index (χ2n) is 7.83. The molecule has 0 bridgehead atoms. The third kappa shape index (κ3) is 3.32. The zero-order chi connectivity index (χ0) is 16.4. The van der Waals surface area contributed by atoms with Gasteiger partial charge < -0.3 is 14.4 Å². The summed E-state index contributed by atoms with van der Waals surface area (Å²) in [6.07, 6.45) is 7.24. The van der Waals surface area contributed by atoms with Gasteiger partial charge in [0.05, 0.1) is 5.60 Å². The van der Waals surface area contributed by atoms with Crippen molar-refractivity contribution in [2.24, 2.45) is 5.92 Å². The van der Waals surface area contributed by atoms with Gasteiger partial charge in [0.25, 0.3) is 0 Å². The summed E-state index contributed by atoms with van der Waals surface area (Å²) in [5.41, 5.74) is 2.92. The number of nitrogens with zero attached hydrogens (tertiary/aromatic N) is 1. The molecule has 3 fully saturated rings. The largest absolute Gasteiger partial charge is 0.474 e. The van der Waals surface area contributed by atoms with E-state index in [1.54, 1.807) is 0 Å². The Morgan fingerprint density at radius 2 is 1.96 bits per heavy atom. The Morgan fingerprint density at radius 3 is 2.54 bits per heavy atom. The van der Waals surface area contributed by atoms with E-state index in [1.807, 2.05) is 0 Å². The van der Waals surface area contributed by atoms with Crippen LogP contribution in [0.1, 0.15) is 51.0 Å². The number of allylic oxidation sites excluding steroid dienone is 1. The van der Waals surface area contributed by atoms with Crippen molar-refractivity contribution in [2.45, 2.75) is 57.7 Å². The van der Waals surface area contributed by atoms with Crippen molar-refractivity contribution in [3.05, 3.63) is 47.4 Å². The van der Waals surface area contributed by atoms with E-state index in [2.05, 4.69) is 42.2 Å². The second kappa shape index (κ2) is 6.79. The SMILES string of the molecule is CC1COC2(CCN(C(OCc3ccccc3)=C3CCC3)CC2)C1. The molecule has 1 atom stereocenters. The molecule has 2 aliphatic heterocycles. The molecule has 1 spiro atoms. The molecule has 3 nitrogen and oxygen atoms in total. The molecule has 130 valence electrons. The first-order valence-corrected chi connectivity index (χ1v) is 9.52. The van der Waals surface area contributed by atoms with Crippen LogP contribution in [-0.4, -0.2) is 30.2 Å². The quantitative estimate of drug-likeness (QED) is 0.761. The van der Waals surface area contributed by atoms with Gasteiger partial charge in [0, 0.05) is 19.7 Å². The molecule has 1 saturated carbocycles. The average molecular weight is 327 g/mol. The Morgan fingerprint density at radius 1 is 1.21 bits per heavy atom. The molecule has 1 aromatic rings. The van der Waals surface area contributed by atoms with Gasteiger partial charge in [-0.1, -0.05) is 37.3 Å². The highest BCUT2D eigenvalue weighted by Gasteiger charge is 2.42. The third-order valence-electron chi connectivity index (χ3n) is 5.83. The molecule has 24 heavy (non-hydrogen) atoms. The molecular weight excluding hydrogens is 298 g/mol. The van der Waals surface area contributed by atoms with Gasteiger partial charge in [0.1, 0.15) is 6.61 Å². The zero-order valence-corrected chi connectivity index (χ0v) is 14.8. The maximum atomic E-state index is 6.31. The predicted molar refractivity (Wildman–Crippen MR) is 95.4 cm³/mol. The van der Waals surface area contributed by atoms with Crippen LogP contribution >= 0.6 is 0 Å². The van der Waals surface area contributed by atoms with Gasteiger partial charge in [-0.2, -0.15) is 0 Å². The normalized spacial score (nSPS) is 25.6. The summed E-state index contributed by atoms with van der Waals surface area (Å²) in [5.74, 6) is 1.89. The minimum absolute atomic E-state index is 0.157. The first-order chi connectivity index (χ1) is 11.7. The smallest absolute Gasteiger partial charge is 0.188 e. The average Bonchev–Trinajstić information content (AvgIpc) is 2.92. The van der Waals surface area contributed by atoms with Crippen molar-refractivity contribution in [1.82, 2.24) is 4.90 Å². The number of likely N-dealkylation sites (tertiary alicyclic amines) is 1. The standard InChI is InChI=1S/C21H29NO2/c1-17-14-21(24-15-17)10-12-22(13-11-21)20(19-8-5-9-19)23-16-18-6-3-2-4-7-18/h2-4,6-7,17H,5,8-16H2,1H3. The van der Waals surface area contributed by atoms with Crippen molar-refractivity contribution < 1.29 is 9.47 Å². The lowest BCUT2D eigenvalue weighted by atomic mass is 9.85. The summed E-state index contributed by atoms with van der Waals surface area (Å²) in [5, 5.41) is 0. The molecule has 0 aromatic heterocycles. The van der Waals surface area contributed by atoms with Crippen LogP contribution in [0, 0.1) is 5.92 Å². The van der Waals surface area contributed by atoms with Crippen LogP contribution in [0.3, 0.4) is 0 Å². The van der Waals surface area contributed by atoms with Gasteiger partial charge in [-0.25, -0.2) is 0 Å². The molecule has 2 saturated heterocycles. The van der Waals surface area contributed by atoms with E-state index in [-0.39, 0.29) is 5.60 Å². The Hall–Kier alpha value is -1.48. The van der Waals surface area contributed by atoms with E-state index in [0.29, 0.717) is 6.61 Å². The summed E-state index contributed by atoms with van der Waals surface area (Å²) in [7, 11) is 0. The van der Waals surface area contributed by atoms with Crippen molar-refractivity contribution in [1.29, 1.82) is 0 Å². The summed E-state index contributed by atoms with van der Waals surface area (Å²) in [6, 6.07) is 10.5. The molecule has 0 radical (unpaired) electrons. The number of benzene rings is 1. The van der Waals surface area contributed by atoms with E-state index in [4.69, 9.17) is 9.47 Å². The fourth-order valence-electron chi connectivity index (χ4n) is 4.25. The number of ether oxygens (including phenoxy) is 2. The molecule has 3 aliphatic rings. The van der Waals surface area contributed by atoms with Gasteiger partial charge in [-0.15, -0.1) is 0 Å². The lowest BCUT2D eigenvalue weighted by Gasteiger charge is -2.41. The molecule has 1 unspecified atom stereocenters. The predicted octanol–water partition coefficient (Wildman–Crippen LogP) is 4.49. The van der Waals surface area contributed by atoms with Gasteiger partial charge >= 0.3 is 0 Å². The van der Waals surface area contributed by atoms with Crippen LogP contribution < -0.4 is 0 Å². The summed E-state index contributed by atoms with van der Waals surface area (Å²) in [6.45, 7) is 6.07. The Labute approximate surface area is 145 Å². The van der Waals surface area contributed by atoms with Crippen molar-refractivity contribution in [2.75, 3.05) is 19.7 Å². The summed E-state index contributed by atoms with van der Waals surface area (Å²) >= 11 is 0. The van der Waals surface area contributed by atoms with Crippen molar-refractivity contribution >= 4 is 0 Å². The molecule has 1 aromatic carbocycles. The highest BCUT2D eigenvalue weighted by atomic mass is 16.5. The summed E-state index contributed by atoms with van der Waals surface area (Å²) in [4.78, 5) is 2.48. The van der Waals surface area contributed by atoms with Crippen LogP contribution in [0.2, 0.25) is 0 Å². The van der Waals surface area contributed by atoms with Crippen LogP contribution in [0.5, 0.6) is 0 Å². The number of hydrogen-bond donors (Lipinski definition) is 0. The minimum atomic E-state index is 0.157. The van der Waals surface area contributed by atoms with E-state index >= 15 is 0 Å². The number of piperidine rings is 1. The zero-order valence-electron chi connectivity index (χ0n) is 14.8. The van der Waals surface area contributed by atoms with E-state index in [9.17, 15) is 0 Å². The molecule has 1 aliphatic carbocycles.